The van der Waals surface area contributed by atoms with Crippen molar-refractivity contribution in [1.29, 1.82) is 0 Å². The summed E-state index contributed by atoms with van der Waals surface area (Å²) in [6.45, 7) is 11.6. The molecular weight excluding hydrogens is 566 g/mol. The fourth-order valence-electron chi connectivity index (χ4n) is 8.21. The quantitative estimate of drug-likeness (QED) is 0.262. The Bertz CT molecular complexity index is 1500. The molecule has 3 saturated carbocycles. The highest BCUT2D eigenvalue weighted by Gasteiger charge is 2.57. The van der Waals surface area contributed by atoms with E-state index < -0.39 is 12.1 Å². The van der Waals surface area contributed by atoms with E-state index in [4.69, 9.17) is 4.84 Å². The lowest BCUT2D eigenvalue weighted by atomic mass is 9.45. The second-order valence-electron chi connectivity index (χ2n) is 14.1. The predicted octanol–water partition coefficient (Wildman–Crippen LogP) is 4.74. The SMILES string of the molecule is C[C@@H]1[C@@H](NC(=O)[C@@H]2[C@H]([C@H](C)O)[C@H](C)ON2Cc2cccc(-c3cccc(C(=O)NCCc4cnc[nH]4)c3)c2)C[C@H]2C[C@@H]1C2(C)C. The molecule has 0 spiro atoms. The van der Waals surface area contributed by atoms with Crippen molar-refractivity contribution in [2.75, 3.05) is 6.54 Å². The van der Waals surface area contributed by atoms with Crippen LogP contribution in [0.2, 0.25) is 0 Å². The molecule has 4 N–H and O–H groups in total. The third-order valence-corrected chi connectivity index (χ3v) is 11.0. The van der Waals surface area contributed by atoms with E-state index in [1.54, 1.807) is 24.5 Å². The van der Waals surface area contributed by atoms with Gasteiger partial charge >= 0.3 is 0 Å². The molecule has 1 saturated heterocycles. The van der Waals surface area contributed by atoms with Gasteiger partial charge in [0.15, 0.2) is 0 Å². The monoisotopic (exact) mass is 613 g/mol. The van der Waals surface area contributed by atoms with Gasteiger partial charge < -0.3 is 20.7 Å². The number of aromatic amines is 1. The number of hydrogen-bond donors (Lipinski definition) is 4. The number of carbonyl (C=O) groups excluding carboxylic acids is 2. The standard InChI is InChI=1S/C36H47N5O4/c1-21-30-16-28(36(30,4)5)17-31(21)40-35(44)33-32(22(2)42)23(3)45-41(33)19-24-8-6-9-25(14-24)26-10-7-11-27(15-26)34(43)38-13-12-29-18-37-20-39-29/h6-11,14-15,18,20-23,28,30-33,42H,12-13,16-17,19H2,1-5H3,(H,37,39)(H,38,43)(H,40,44)/t21-,22-,23-,28+,30-,31-,32+,33-/m0/s1. The molecule has 2 aromatic carbocycles. The zero-order valence-electron chi connectivity index (χ0n) is 27.0. The number of aliphatic hydroxyl groups excluding tert-OH is 1. The Labute approximate surface area is 266 Å². The molecule has 1 aliphatic heterocycles. The summed E-state index contributed by atoms with van der Waals surface area (Å²) in [4.78, 5) is 40.1. The van der Waals surface area contributed by atoms with Crippen molar-refractivity contribution in [1.82, 2.24) is 25.7 Å². The summed E-state index contributed by atoms with van der Waals surface area (Å²) in [7, 11) is 0. The van der Waals surface area contributed by atoms with Gasteiger partial charge in [0, 0.05) is 42.4 Å². The Morgan fingerprint density at radius 1 is 1.13 bits per heavy atom. The van der Waals surface area contributed by atoms with E-state index in [1.807, 2.05) is 49.4 Å². The number of imidazole rings is 1. The lowest BCUT2D eigenvalue weighted by Gasteiger charge is -2.62. The number of amides is 2. The second-order valence-corrected chi connectivity index (χ2v) is 14.1. The zero-order valence-corrected chi connectivity index (χ0v) is 27.0. The van der Waals surface area contributed by atoms with E-state index in [1.165, 1.54) is 6.42 Å². The number of fused-ring (bicyclic) bond motifs is 2. The van der Waals surface area contributed by atoms with E-state index in [-0.39, 0.29) is 29.9 Å². The van der Waals surface area contributed by atoms with Gasteiger partial charge in [-0.2, -0.15) is 5.06 Å². The maximum atomic E-state index is 13.9. The Kier molecular flexibility index (Phi) is 8.87. The average Bonchev–Trinajstić information content (AvgIpc) is 3.65. The first-order chi connectivity index (χ1) is 21.5. The van der Waals surface area contributed by atoms with Crippen LogP contribution in [0.5, 0.6) is 0 Å². The second kappa shape index (κ2) is 12.7. The number of nitrogens with one attached hydrogen (secondary N) is 3. The number of H-pyrrole nitrogens is 1. The summed E-state index contributed by atoms with van der Waals surface area (Å²) < 4.78 is 0. The van der Waals surface area contributed by atoms with Gasteiger partial charge in [-0.05, 0) is 84.7 Å². The lowest BCUT2D eigenvalue weighted by Crippen LogP contribution is -2.62. The molecule has 4 aliphatic rings. The summed E-state index contributed by atoms with van der Waals surface area (Å²) in [6.07, 6.45) is 5.32. The number of carbonyl (C=O) groups is 2. The Morgan fingerprint density at radius 3 is 2.58 bits per heavy atom. The molecule has 0 unspecified atom stereocenters. The topological polar surface area (TPSA) is 120 Å². The highest BCUT2D eigenvalue weighted by Crippen LogP contribution is 2.61. The highest BCUT2D eigenvalue weighted by atomic mass is 16.7. The van der Waals surface area contributed by atoms with E-state index in [0.717, 1.165) is 28.8 Å². The molecule has 2 heterocycles. The summed E-state index contributed by atoms with van der Waals surface area (Å²) in [5.41, 5.74) is 4.78. The van der Waals surface area contributed by atoms with Crippen LogP contribution in [0.25, 0.3) is 11.1 Å². The van der Waals surface area contributed by atoms with Crippen molar-refractivity contribution >= 4 is 11.8 Å². The van der Waals surface area contributed by atoms with Crippen molar-refractivity contribution in [3.05, 3.63) is 77.9 Å². The van der Waals surface area contributed by atoms with Gasteiger partial charge in [0.2, 0.25) is 5.91 Å². The highest BCUT2D eigenvalue weighted by molar-refractivity contribution is 5.95. The molecule has 0 radical (unpaired) electrons. The molecule has 9 heteroatoms. The third-order valence-electron chi connectivity index (χ3n) is 11.0. The van der Waals surface area contributed by atoms with Crippen molar-refractivity contribution in [3.63, 3.8) is 0 Å². The summed E-state index contributed by atoms with van der Waals surface area (Å²) in [5, 5.41) is 18.9. The third kappa shape index (κ3) is 6.30. The molecule has 2 bridgehead atoms. The minimum absolute atomic E-state index is 0.0661. The number of hydroxylamine groups is 2. The van der Waals surface area contributed by atoms with Crippen LogP contribution >= 0.6 is 0 Å². The predicted molar refractivity (Wildman–Crippen MR) is 173 cm³/mol. The summed E-state index contributed by atoms with van der Waals surface area (Å²) in [5.74, 6) is 1.14. The van der Waals surface area contributed by atoms with Crippen molar-refractivity contribution in [3.8, 4) is 11.1 Å². The molecule has 9 nitrogen and oxygen atoms in total. The molecule has 45 heavy (non-hydrogen) atoms. The van der Waals surface area contributed by atoms with Gasteiger partial charge in [-0.15, -0.1) is 0 Å². The number of benzene rings is 2. The summed E-state index contributed by atoms with van der Waals surface area (Å²) >= 11 is 0. The molecule has 3 aromatic rings. The Balaban J connectivity index is 1.14. The van der Waals surface area contributed by atoms with E-state index >= 15 is 0 Å². The van der Waals surface area contributed by atoms with Crippen LogP contribution in [0.3, 0.4) is 0 Å². The fraction of sp³-hybridized carbons (Fsp3) is 0.528. The molecule has 1 aromatic heterocycles. The molecule has 3 aliphatic carbocycles. The minimum atomic E-state index is -0.698. The number of hydrogen-bond acceptors (Lipinski definition) is 6. The Hall–Kier alpha value is -3.53. The van der Waals surface area contributed by atoms with E-state index in [2.05, 4.69) is 47.4 Å². The van der Waals surface area contributed by atoms with Crippen LogP contribution in [-0.4, -0.2) is 62.8 Å². The smallest absolute Gasteiger partial charge is 0.251 e. The van der Waals surface area contributed by atoms with E-state index in [0.29, 0.717) is 48.2 Å². The normalized spacial score (nSPS) is 29.5. The molecule has 7 rings (SSSR count). The maximum absolute atomic E-state index is 13.9. The number of aromatic nitrogens is 2. The van der Waals surface area contributed by atoms with Gasteiger partial charge in [0.05, 0.1) is 25.1 Å². The van der Waals surface area contributed by atoms with E-state index in [9.17, 15) is 14.7 Å². The maximum Gasteiger partial charge on any atom is 0.251 e. The van der Waals surface area contributed by atoms with Crippen molar-refractivity contribution in [2.45, 2.75) is 84.7 Å². The zero-order chi connectivity index (χ0) is 31.9. The van der Waals surface area contributed by atoms with Crippen LogP contribution in [0.4, 0.5) is 0 Å². The van der Waals surface area contributed by atoms with Gasteiger partial charge in [-0.3, -0.25) is 14.4 Å². The average molecular weight is 614 g/mol. The van der Waals surface area contributed by atoms with Gasteiger partial charge in [-0.1, -0.05) is 51.1 Å². The first-order valence-corrected chi connectivity index (χ1v) is 16.4. The van der Waals surface area contributed by atoms with Crippen LogP contribution in [0.15, 0.2) is 61.1 Å². The minimum Gasteiger partial charge on any atom is -0.393 e. The van der Waals surface area contributed by atoms with Crippen LogP contribution in [0.1, 0.15) is 69.1 Å². The van der Waals surface area contributed by atoms with Crippen LogP contribution in [-0.2, 0) is 22.6 Å². The summed E-state index contributed by atoms with van der Waals surface area (Å²) in [6, 6.07) is 15.2. The van der Waals surface area contributed by atoms with Crippen LogP contribution < -0.4 is 10.6 Å². The van der Waals surface area contributed by atoms with Gasteiger partial charge in [0.25, 0.3) is 5.91 Å². The first kappa shape index (κ1) is 31.5. The number of nitrogens with zero attached hydrogens (tertiary/aromatic N) is 2. The molecule has 4 fully saturated rings. The van der Waals surface area contributed by atoms with Gasteiger partial charge in [0.1, 0.15) is 6.04 Å². The first-order valence-electron chi connectivity index (χ1n) is 16.4. The van der Waals surface area contributed by atoms with Crippen molar-refractivity contribution < 1.29 is 19.5 Å². The van der Waals surface area contributed by atoms with Crippen LogP contribution in [0, 0.1) is 29.1 Å². The molecule has 240 valence electrons. The fourth-order valence-corrected chi connectivity index (χ4v) is 8.21. The number of aliphatic hydroxyl groups is 1. The Morgan fingerprint density at radius 2 is 1.89 bits per heavy atom. The molecule has 2 amide bonds. The van der Waals surface area contributed by atoms with Crippen molar-refractivity contribution in [2.24, 2.45) is 29.1 Å². The largest absolute Gasteiger partial charge is 0.393 e. The number of rotatable bonds is 10. The lowest BCUT2D eigenvalue weighted by molar-refractivity contribution is -0.174. The van der Waals surface area contributed by atoms with Gasteiger partial charge in [-0.25, -0.2) is 4.98 Å². The molecular formula is C36H47N5O4. The molecule has 8 atom stereocenters.